The summed E-state index contributed by atoms with van der Waals surface area (Å²) in [4.78, 5) is 10.4. The number of hydrogen-bond donors (Lipinski definition) is 1. The van der Waals surface area contributed by atoms with Crippen molar-refractivity contribution in [3.05, 3.63) is 35.7 Å². The molecule has 0 aliphatic carbocycles. The van der Waals surface area contributed by atoms with Gasteiger partial charge in [0.05, 0.1) is 6.42 Å². The molecule has 0 atom stereocenters. The first-order chi connectivity index (χ1) is 10.5. The summed E-state index contributed by atoms with van der Waals surface area (Å²) in [7, 11) is 0. The summed E-state index contributed by atoms with van der Waals surface area (Å²) in [5, 5.41) is 16.6. The van der Waals surface area contributed by atoms with Gasteiger partial charge in [0.1, 0.15) is 5.75 Å². The lowest BCUT2D eigenvalue weighted by Crippen LogP contribution is -1.96. The maximum atomic E-state index is 10.4. The van der Waals surface area contributed by atoms with E-state index < -0.39 is 5.97 Å². The van der Waals surface area contributed by atoms with Gasteiger partial charge in [-0.2, -0.15) is 0 Å². The third kappa shape index (κ3) is 5.07. The molecule has 1 aromatic carbocycles. The number of hydrogen-bond acceptors (Lipinski definition) is 6. The zero-order valence-corrected chi connectivity index (χ0v) is 13.3. The molecule has 118 valence electrons. The summed E-state index contributed by atoms with van der Waals surface area (Å²) in [5.74, 6) is 1.14. The van der Waals surface area contributed by atoms with E-state index in [9.17, 15) is 4.79 Å². The maximum Gasteiger partial charge on any atom is 0.304 e. The van der Waals surface area contributed by atoms with Crippen molar-refractivity contribution in [2.24, 2.45) is 0 Å². The van der Waals surface area contributed by atoms with Crippen molar-refractivity contribution < 1.29 is 19.1 Å². The van der Waals surface area contributed by atoms with Gasteiger partial charge in [0.25, 0.3) is 11.1 Å². The highest BCUT2D eigenvalue weighted by Gasteiger charge is 2.08. The van der Waals surface area contributed by atoms with Gasteiger partial charge in [0.2, 0.25) is 0 Å². The lowest BCUT2D eigenvalue weighted by atomic mass is 10.0. The summed E-state index contributed by atoms with van der Waals surface area (Å²) in [6, 6.07) is 7.88. The number of carbonyl (C=O) groups is 1. The largest absolute Gasteiger partial charge is 0.484 e. The Balaban J connectivity index is 1.81. The van der Waals surface area contributed by atoms with E-state index in [4.69, 9.17) is 14.3 Å². The van der Waals surface area contributed by atoms with E-state index >= 15 is 0 Å². The topological polar surface area (TPSA) is 85.5 Å². The van der Waals surface area contributed by atoms with Crippen LogP contribution < -0.4 is 4.74 Å². The summed E-state index contributed by atoms with van der Waals surface area (Å²) in [5.41, 5.74) is 1.25. The van der Waals surface area contributed by atoms with Crippen LogP contribution in [0, 0.1) is 0 Å². The highest BCUT2D eigenvalue weighted by molar-refractivity contribution is 7.99. The molecular weight excluding hydrogens is 304 g/mol. The first-order valence-corrected chi connectivity index (χ1v) is 7.93. The quantitative estimate of drug-likeness (QED) is 0.746. The van der Waals surface area contributed by atoms with Crippen molar-refractivity contribution >= 4 is 17.7 Å². The molecule has 0 saturated heterocycles. The van der Waals surface area contributed by atoms with Crippen molar-refractivity contribution in [1.82, 2.24) is 10.2 Å². The zero-order valence-electron chi connectivity index (χ0n) is 12.5. The minimum absolute atomic E-state index is 0.0566. The molecule has 0 aliphatic heterocycles. The van der Waals surface area contributed by atoms with Crippen molar-refractivity contribution in [2.75, 3.05) is 5.75 Å². The Kier molecular flexibility index (Phi) is 5.83. The number of benzene rings is 1. The molecule has 0 spiro atoms. The van der Waals surface area contributed by atoms with Crippen molar-refractivity contribution in [2.45, 2.75) is 38.0 Å². The molecule has 6 nitrogen and oxygen atoms in total. The minimum Gasteiger partial charge on any atom is -0.484 e. The Labute approximate surface area is 132 Å². The van der Waals surface area contributed by atoms with Crippen LogP contribution in [-0.2, 0) is 11.4 Å². The van der Waals surface area contributed by atoms with Gasteiger partial charge in [-0.25, -0.2) is 0 Å². The average Bonchev–Trinajstić information content (AvgIpc) is 2.93. The molecule has 2 rings (SSSR count). The number of aliphatic carboxylic acids is 1. The Morgan fingerprint density at radius 1 is 1.32 bits per heavy atom. The molecule has 1 aromatic heterocycles. The van der Waals surface area contributed by atoms with E-state index in [1.54, 1.807) is 0 Å². The highest BCUT2D eigenvalue weighted by atomic mass is 32.2. The van der Waals surface area contributed by atoms with Gasteiger partial charge < -0.3 is 14.3 Å². The van der Waals surface area contributed by atoms with Crippen LogP contribution in [0.15, 0.2) is 33.9 Å². The van der Waals surface area contributed by atoms with Crippen molar-refractivity contribution in [3.8, 4) is 5.75 Å². The Morgan fingerprint density at radius 2 is 2.05 bits per heavy atom. The lowest BCUT2D eigenvalue weighted by molar-refractivity contribution is -0.136. The number of carboxylic acids is 1. The zero-order chi connectivity index (χ0) is 15.9. The predicted octanol–water partition coefficient (Wildman–Crippen LogP) is 3.34. The molecule has 1 N–H and O–H groups in total. The van der Waals surface area contributed by atoms with Crippen LogP contribution in [0.25, 0.3) is 0 Å². The lowest BCUT2D eigenvalue weighted by Gasteiger charge is -2.07. The smallest absolute Gasteiger partial charge is 0.304 e. The second-order valence-corrected chi connectivity index (χ2v) is 6.01. The standard InChI is InChI=1S/C15H18N2O4S/c1-10(2)11-3-5-12(6-4-11)20-9-13-16-17-15(21-13)22-8-7-14(18)19/h3-6,10H,7-9H2,1-2H3,(H,18,19). The highest BCUT2D eigenvalue weighted by Crippen LogP contribution is 2.20. The van der Waals surface area contributed by atoms with Gasteiger partial charge in [-0.15, -0.1) is 10.2 Å². The van der Waals surface area contributed by atoms with Crippen LogP contribution in [0.4, 0.5) is 0 Å². The van der Waals surface area contributed by atoms with Gasteiger partial charge in [0, 0.05) is 5.75 Å². The van der Waals surface area contributed by atoms with Crippen LogP contribution in [0.5, 0.6) is 5.75 Å². The molecule has 2 aromatic rings. The second kappa shape index (κ2) is 7.84. The number of carboxylic acid groups (broad SMARTS) is 1. The fourth-order valence-corrected chi connectivity index (χ4v) is 2.38. The van der Waals surface area contributed by atoms with Crippen molar-refractivity contribution in [3.63, 3.8) is 0 Å². The molecule has 22 heavy (non-hydrogen) atoms. The number of rotatable bonds is 8. The third-order valence-corrected chi connectivity index (χ3v) is 3.72. The molecular formula is C15H18N2O4S. The number of ether oxygens (including phenoxy) is 1. The predicted molar refractivity (Wildman–Crippen MR) is 82.1 cm³/mol. The van der Waals surface area contributed by atoms with E-state index in [-0.39, 0.29) is 13.0 Å². The van der Waals surface area contributed by atoms with Gasteiger partial charge in [-0.1, -0.05) is 37.7 Å². The third-order valence-electron chi connectivity index (χ3n) is 2.90. The van der Waals surface area contributed by atoms with Gasteiger partial charge in [-0.3, -0.25) is 4.79 Å². The summed E-state index contributed by atoms with van der Waals surface area (Å²) in [6.07, 6.45) is 0.0566. The van der Waals surface area contributed by atoms with E-state index in [2.05, 4.69) is 24.0 Å². The molecule has 0 amide bonds. The van der Waals surface area contributed by atoms with Crippen LogP contribution in [-0.4, -0.2) is 27.0 Å². The van der Waals surface area contributed by atoms with E-state index in [0.717, 1.165) is 5.75 Å². The fraction of sp³-hybridized carbons (Fsp3) is 0.400. The van der Waals surface area contributed by atoms with Gasteiger partial charge in [-0.05, 0) is 23.6 Å². The second-order valence-electron chi connectivity index (χ2n) is 4.97. The molecule has 0 fully saturated rings. The molecule has 0 radical (unpaired) electrons. The van der Waals surface area contributed by atoms with Crippen molar-refractivity contribution in [1.29, 1.82) is 0 Å². The van der Waals surface area contributed by atoms with Crippen LogP contribution in [0.3, 0.4) is 0 Å². The molecule has 7 heteroatoms. The molecule has 0 unspecified atom stereocenters. The summed E-state index contributed by atoms with van der Waals surface area (Å²) in [6.45, 7) is 4.46. The SMILES string of the molecule is CC(C)c1ccc(OCc2nnc(SCCC(=O)O)o2)cc1. The maximum absolute atomic E-state index is 10.4. The summed E-state index contributed by atoms with van der Waals surface area (Å²) >= 11 is 1.22. The van der Waals surface area contributed by atoms with E-state index in [1.807, 2.05) is 24.3 Å². The number of aromatic nitrogens is 2. The Hall–Kier alpha value is -2.02. The summed E-state index contributed by atoms with van der Waals surface area (Å²) < 4.78 is 11.0. The van der Waals surface area contributed by atoms with E-state index in [0.29, 0.717) is 22.8 Å². The fourth-order valence-electron chi connectivity index (χ4n) is 1.67. The monoisotopic (exact) mass is 322 g/mol. The van der Waals surface area contributed by atoms with Crippen LogP contribution >= 0.6 is 11.8 Å². The Bertz CT molecular complexity index is 610. The van der Waals surface area contributed by atoms with Gasteiger partial charge >= 0.3 is 5.97 Å². The molecule has 0 bridgehead atoms. The average molecular weight is 322 g/mol. The number of nitrogens with zero attached hydrogens (tertiary/aromatic N) is 2. The minimum atomic E-state index is -0.847. The molecule has 1 heterocycles. The van der Waals surface area contributed by atoms with Gasteiger partial charge in [0.15, 0.2) is 6.61 Å². The first-order valence-electron chi connectivity index (χ1n) is 6.94. The molecule has 0 saturated carbocycles. The Morgan fingerprint density at radius 3 is 2.68 bits per heavy atom. The van der Waals surface area contributed by atoms with E-state index in [1.165, 1.54) is 17.3 Å². The van der Waals surface area contributed by atoms with Crippen LogP contribution in [0.1, 0.15) is 37.6 Å². The number of thioether (sulfide) groups is 1. The molecule has 0 aliphatic rings. The normalized spacial score (nSPS) is 10.9. The first kappa shape index (κ1) is 16.4. The van der Waals surface area contributed by atoms with Crippen LogP contribution in [0.2, 0.25) is 0 Å².